The molecule has 170 valence electrons. The summed E-state index contributed by atoms with van der Waals surface area (Å²) in [7, 11) is -2.84. The lowest BCUT2D eigenvalue weighted by molar-refractivity contribution is -0.121. The van der Waals surface area contributed by atoms with Crippen LogP contribution in [0, 0.1) is 0 Å². The zero-order chi connectivity index (χ0) is 23.3. The zero-order valence-corrected chi connectivity index (χ0v) is 17.0. The molecular weight excluding hydrogens is 436 g/mol. The topological polar surface area (TPSA) is 209 Å². The Kier molecular flexibility index (Phi) is 7.83. The molecule has 2 rings (SSSR count). The summed E-state index contributed by atoms with van der Waals surface area (Å²) in [5.41, 5.74) is 0.475. The molecule has 0 aliphatic carbocycles. The van der Waals surface area contributed by atoms with E-state index in [1.165, 1.54) is 37.4 Å². The number of rotatable bonds is 9. The number of imide groups is 1. The number of aliphatic hydroxyl groups excluding tert-OH is 5. The molecule has 3 amide bonds. The number of nitrogens with zero attached hydrogens (tertiary/aromatic N) is 2. The summed E-state index contributed by atoms with van der Waals surface area (Å²) in [6.07, 6.45) is -5.40. The number of carbonyl (C=O) groups excluding carboxylic acids is 2. The Balaban J connectivity index is 2.04. The van der Waals surface area contributed by atoms with Crippen molar-refractivity contribution in [3.8, 4) is 0 Å². The van der Waals surface area contributed by atoms with Gasteiger partial charge in [0.25, 0.3) is 15.9 Å². The van der Waals surface area contributed by atoms with Gasteiger partial charge in [-0.3, -0.25) is 9.69 Å². The summed E-state index contributed by atoms with van der Waals surface area (Å²) < 4.78 is 24.5. The average Bonchev–Trinajstić information content (AvgIpc) is 2.98. The lowest BCUT2D eigenvalue weighted by Crippen LogP contribution is -2.46. The number of hydrogen-bond acceptors (Lipinski definition) is 10. The number of likely N-dealkylation sites (N-methyl/N-ethyl adjacent to an activating group) is 1. The number of sulfonamides is 1. The summed E-state index contributed by atoms with van der Waals surface area (Å²) in [4.78, 5) is 25.7. The van der Waals surface area contributed by atoms with Crippen molar-refractivity contribution in [2.24, 2.45) is 5.10 Å². The number of amides is 3. The monoisotopic (exact) mass is 458 g/mol. The van der Waals surface area contributed by atoms with E-state index in [2.05, 4.69) is 10.4 Å². The van der Waals surface area contributed by atoms with E-state index in [0.717, 1.165) is 4.90 Å². The second-order valence-corrected chi connectivity index (χ2v) is 8.18. The summed E-state index contributed by atoms with van der Waals surface area (Å²) in [6.45, 7) is -0.862. The van der Waals surface area contributed by atoms with Crippen LogP contribution in [0.5, 0.6) is 0 Å². The predicted octanol–water partition coefficient (Wildman–Crippen LogP) is -3.09. The third-order valence-corrected chi connectivity index (χ3v) is 5.50. The van der Waals surface area contributed by atoms with Crippen molar-refractivity contribution < 1.29 is 43.5 Å². The van der Waals surface area contributed by atoms with Gasteiger partial charge in [0.2, 0.25) is 0 Å². The number of aliphatic hydroxyl groups is 5. The van der Waals surface area contributed by atoms with E-state index < -0.39 is 53.0 Å². The van der Waals surface area contributed by atoms with Crippen LogP contribution in [-0.4, -0.2) is 95.1 Å². The average molecular weight is 458 g/mol. The maximum Gasteiger partial charge on any atom is 0.328 e. The molecule has 0 radical (unpaired) electrons. The SMILES string of the molecule is CN1C(=O)N/C(=C\c2ccc(S(=O)(=O)N/N=C\[C@H](O)[C@H](O)[C@H](O)[C@H](O)CO)cc2)C1=O. The van der Waals surface area contributed by atoms with Crippen molar-refractivity contribution >= 4 is 34.3 Å². The summed E-state index contributed by atoms with van der Waals surface area (Å²) in [5.74, 6) is -0.532. The van der Waals surface area contributed by atoms with E-state index in [-0.39, 0.29) is 10.6 Å². The Morgan fingerprint density at radius 2 is 1.74 bits per heavy atom. The van der Waals surface area contributed by atoms with Gasteiger partial charge >= 0.3 is 6.03 Å². The Morgan fingerprint density at radius 3 is 2.26 bits per heavy atom. The number of benzene rings is 1. The molecule has 0 unspecified atom stereocenters. The molecule has 0 saturated carbocycles. The molecule has 1 aliphatic rings. The molecule has 1 aliphatic heterocycles. The smallest absolute Gasteiger partial charge is 0.328 e. The normalized spacial score (nSPS) is 20.1. The van der Waals surface area contributed by atoms with Crippen LogP contribution in [0.15, 0.2) is 40.0 Å². The Bertz CT molecular complexity index is 978. The van der Waals surface area contributed by atoms with E-state index in [1.54, 1.807) is 4.83 Å². The van der Waals surface area contributed by atoms with Crippen molar-refractivity contribution in [3.05, 3.63) is 35.5 Å². The van der Waals surface area contributed by atoms with Crippen molar-refractivity contribution in [2.45, 2.75) is 29.3 Å². The number of hydrogen-bond donors (Lipinski definition) is 7. The molecule has 7 N–H and O–H groups in total. The van der Waals surface area contributed by atoms with Crippen molar-refractivity contribution in [1.82, 2.24) is 15.0 Å². The second kappa shape index (κ2) is 9.95. The standard InChI is InChI=1S/C17H22N4O9S/c1-21-16(27)11(19-17(21)28)6-9-2-4-10(5-3-9)31(29,30)20-18-7-12(23)14(25)15(26)13(24)8-22/h2-7,12-15,20,22-26H,8H2,1H3,(H,19,28)/b11-6-,18-7-/t12-,13+,14-,15+/m0/s1. The van der Waals surface area contributed by atoms with Crippen molar-refractivity contribution in [2.75, 3.05) is 13.7 Å². The van der Waals surface area contributed by atoms with Crippen molar-refractivity contribution in [1.29, 1.82) is 0 Å². The van der Waals surface area contributed by atoms with Gasteiger partial charge in [-0.2, -0.15) is 13.5 Å². The first kappa shape index (κ1) is 24.4. The van der Waals surface area contributed by atoms with Gasteiger partial charge in [-0.05, 0) is 23.8 Å². The van der Waals surface area contributed by atoms with Crippen LogP contribution < -0.4 is 10.1 Å². The second-order valence-electron chi connectivity index (χ2n) is 6.52. The van der Waals surface area contributed by atoms with Crippen LogP contribution in [0.2, 0.25) is 0 Å². The molecule has 1 aromatic rings. The lowest BCUT2D eigenvalue weighted by atomic mass is 10.0. The zero-order valence-electron chi connectivity index (χ0n) is 16.2. The van der Waals surface area contributed by atoms with Gasteiger partial charge in [-0.1, -0.05) is 12.1 Å². The van der Waals surface area contributed by atoms with Gasteiger partial charge in [-0.25, -0.2) is 9.63 Å². The fourth-order valence-electron chi connectivity index (χ4n) is 2.39. The highest BCUT2D eigenvalue weighted by Crippen LogP contribution is 2.15. The quantitative estimate of drug-likeness (QED) is 0.0864. The van der Waals surface area contributed by atoms with E-state index in [9.17, 15) is 38.4 Å². The molecule has 4 atom stereocenters. The fourth-order valence-corrected chi connectivity index (χ4v) is 3.19. The Labute approximate surface area is 177 Å². The van der Waals surface area contributed by atoms with Gasteiger partial charge in [0.05, 0.1) is 17.7 Å². The minimum Gasteiger partial charge on any atom is -0.394 e. The number of urea groups is 1. The molecular formula is C17H22N4O9S. The molecule has 0 bridgehead atoms. The van der Waals surface area contributed by atoms with E-state index in [1.807, 2.05) is 0 Å². The van der Waals surface area contributed by atoms with Gasteiger partial charge < -0.3 is 30.8 Å². The maximum absolute atomic E-state index is 12.2. The van der Waals surface area contributed by atoms with Crippen LogP contribution in [0.4, 0.5) is 4.79 Å². The summed E-state index contributed by atoms with van der Waals surface area (Å²) in [6, 6.07) is 4.61. The van der Waals surface area contributed by atoms with Gasteiger partial charge in [0.1, 0.15) is 30.1 Å². The molecule has 1 heterocycles. The van der Waals surface area contributed by atoms with Gasteiger partial charge in [-0.15, -0.1) is 0 Å². The maximum atomic E-state index is 12.2. The molecule has 1 fully saturated rings. The highest BCUT2D eigenvalue weighted by molar-refractivity contribution is 7.89. The van der Waals surface area contributed by atoms with Crippen LogP contribution in [0.25, 0.3) is 6.08 Å². The lowest BCUT2D eigenvalue weighted by Gasteiger charge is -2.23. The van der Waals surface area contributed by atoms with E-state index in [4.69, 9.17) is 5.11 Å². The van der Waals surface area contributed by atoms with E-state index in [0.29, 0.717) is 11.8 Å². The minimum absolute atomic E-state index is 0.0341. The first-order valence-corrected chi connectivity index (χ1v) is 10.2. The largest absolute Gasteiger partial charge is 0.394 e. The molecule has 1 saturated heterocycles. The Hall–Kier alpha value is -2.88. The first-order valence-electron chi connectivity index (χ1n) is 8.77. The molecule has 0 aromatic heterocycles. The molecule has 31 heavy (non-hydrogen) atoms. The summed E-state index contributed by atoms with van der Waals surface area (Å²) >= 11 is 0. The third-order valence-electron chi connectivity index (χ3n) is 4.26. The van der Waals surface area contributed by atoms with Gasteiger partial charge in [0.15, 0.2) is 0 Å². The van der Waals surface area contributed by atoms with Crippen LogP contribution >= 0.6 is 0 Å². The molecule has 14 heteroatoms. The van der Waals surface area contributed by atoms with Gasteiger partial charge in [0, 0.05) is 7.05 Å². The fraction of sp³-hybridized carbons (Fsp3) is 0.353. The highest BCUT2D eigenvalue weighted by atomic mass is 32.2. The molecule has 13 nitrogen and oxygen atoms in total. The highest BCUT2D eigenvalue weighted by Gasteiger charge is 2.30. The number of carbonyl (C=O) groups is 2. The number of hydrazone groups is 1. The van der Waals surface area contributed by atoms with Crippen molar-refractivity contribution in [3.63, 3.8) is 0 Å². The van der Waals surface area contributed by atoms with E-state index >= 15 is 0 Å². The first-order chi connectivity index (χ1) is 14.5. The predicted molar refractivity (Wildman–Crippen MR) is 106 cm³/mol. The Morgan fingerprint density at radius 1 is 1.13 bits per heavy atom. The van der Waals surface area contributed by atoms with Crippen LogP contribution in [0.1, 0.15) is 5.56 Å². The third kappa shape index (κ3) is 5.84. The summed E-state index contributed by atoms with van der Waals surface area (Å²) in [5, 5.41) is 52.4. The molecule has 0 spiro atoms. The number of nitrogens with one attached hydrogen (secondary N) is 2. The minimum atomic E-state index is -4.15. The van der Waals surface area contributed by atoms with Crippen LogP contribution in [-0.2, 0) is 14.8 Å². The molecule has 1 aromatic carbocycles. The van der Waals surface area contributed by atoms with Crippen LogP contribution in [0.3, 0.4) is 0 Å².